The van der Waals surface area contributed by atoms with E-state index in [4.69, 9.17) is 0 Å². The van der Waals surface area contributed by atoms with Crippen molar-refractivity contribution in [1.82, 2.24) is 10.6 Å². The SMILES string of the molecule is O=C1NC(S)NC(c2ccccc2)=C1Cc1cc(-c2ccccc2)ccc1O. The third-order valence-electron chi connectivity index (χ3n) is 4.74. The maximum absolute atomic E-state index is 12.7. The molecule has 28 heavy (non-hydrogen) atoms. The van der Waals surface area contributed by atoms with Crippen molar-refractivity contribution in [3.63, 3.8) is 0 Å². The molecule has 0 spiro atoms. The lowest BCUT2D eigenvalue weighted by Gasteiger charge is -2.28. The van der Waals surface area contributed by atoms with Crippen LogP contribution in [0.1, 0.15) is 11.1 Å². The molecular formula is C23H20N2O2S. The van der Waals surface area contributed by atoms with Gasteiger partial charge >= 0.3 is 0 Å². The summed E-state index contributed by atoms with van der Waals surface area (Å²) in [7, 11) is 0. The third-order valence-corrected chi connectivity index (χ3v) is 5.00. The summed E-state index contributed by atoms with van der Waals surface area (Å²) in [5, 5.41) is 16.4. The van der Waals surface area contributed by atoms with Crippen LogP contribution in [-0.2, 0) is 11.2 Å². The highest BCUT2D eigenvalue weighted by atomic mass is 32.1. The molecule has 0 bridgehead atoms. The zero-order chi connectivity index (χ0) is 19.5. The van der Waals surface area contributed by atoms with E-state index in [2.05, 4.69) is 23.3 Å². The monoisotopic (exact) mass is 388 g/mol. The molecule has 1 aliphatic rings. The molecule has 1 atom stereocenters. The van der Waals surface area contributed by atoms with Crippen molar-refractivity contribution in [2.45, 2.75) is 11.9 Å². The average Bonchev–Trinajstić information content (AvgIpc) is 2.72. The number of phenols is 1. The molecule has 140 valence electrons. The van der Waals surface area contributed by atoms with E-state index >= 15 is 0 Å². The number of benzene rings is 3. The van der Waals surface area contributed by atoms with Crippen molar-refractivity contribution < 1.29 is 9.90 Å². The molecule has 1 amide bonds. The van der Waals surface area contributed by atoms with Gasteiger partial charge in [-0.25, -0.2) is 0 Å². The summed E-state index contributed by atoms with van der Waals surface area (Å²) in [5.41, 5.74) is 4.49. The fraction of sp³-hybridized carbons (Fsp3) is 0.0870. The minimum atomic E-state index is -0.462. The molecule has 4 rings (SSSR count). The van der Waals surface area contributed by atoms with Gasteiger partial charge in [0.2, 0.25) is 0 Å². The Morgan fingerprint density at radius 2 is 1.46 bits per heavy atom. The summed E-state index contributed by atoms with van der Waals surface area (Å²) in [6.07, 6.45) is 0.302. The first-order valence-corrected chi connectivity index (χ1v) is 9.55. The molecule has 3 aromatic carbocycles. The number of carbonyl (C=O) groups is 1. The Balaban J connectivity index is 1.76. The quantitative estimate of drug-likeness (QED) is 0.512. The van der Waals surface area contributed by atoms with Crippen molar-refractivity contribution in [2.75, 3.05) is 0 Å². The van der Waals surface area contributed by atoms with E-state index < -0.39 is 5.50 Å². The van der Waals surface area contributed by atoms with Gasteiger partial charge in [-0.3, -0.25) is 4.79 Å². The molecule has 5 heteroatoms. The average molecular weight is 388 g/mol. The number of nitrogens with one attached hydrogen (secondary N) is 2. The lowest BCUT2D eigenvalue weighted by atomic mass is 9.94. The van der Waals surface area contributed by atoms with Crippen LogP contribution in [0.3, 0.4) is 0 Å². The van der Waals surface area contributed by atoms with E-state index in [1.807, 2.05) is 72.8 Å². The second kappa shape index (κ2) is 7.82. The Kier molecular flexibility index (Phi) is 5.08. The number of rotatable bonds is 4. The molecule has 1 aliphatic heterocycles. The second-order valence-electron chi connectivity index (χ2n) is 6.63. The second-order valence-corrected chi connectivity index (χ2v) is 7.14. The lowest BCUT2D eigenvalue weighted by molar-refractivity contribution is -0.118. The van der Waals surface area contributed by atoms with Gasteiger partial charge in [0.25, 0.3) is 5.91 Å². The summed E-state index contributed by atoms with van der Waals surface area (Å²) in [5.74, 6) is -0.0255. The van der Waals surface area contributed by atoms with Gasteiger partial charge in [0.05, 0.1) is 5.70 Å². The highest BCUT2D eigenvalue weighted by Crippen LogP contribution is 2.30. The zero-order valence-corrected chi connectivity index (χ0v) is 16.0. The normalized spacial score (nSPS) is 16.5. The predicted octanol–water partition coefficient (Wildman–Crippen LogP) is 3.95. The Morgan fingerprint density at radius 1 is 0.821 bits per heavy atom. The molecule has 1 unspecified atom stereocenters. The van der Waals surface area contributed by atoms with Gasteiger partial charge < -0.3 is 15.7 Å². The smallest absolute Gasteiger partial charge is 0.251 e. The van der Waals surface area contributed by atoms with Gasteiger partial charge in [0.1, 0.15) is 11.2 Å². The number of hydrogen-bond donors (Lipinski definition) is 4. The van der Waals surface area contributed by atoms with Crippen LogP contribution in [0.25, 0.3) is 16.8 Å². The number of amides is 1. The molecule has 0 aliphatic carbocycles. The maximum atomic E-state index is 12.7. The Labute approximate surface area is 169 Å². The summed E-state index contributed by atoms with van der Waals surface area (Å²) >= 11 is 4.35. The van der Waals surface area contributed by atoms with Crippen LogP contribution in [0.5, 0.6) is 5.75 Å². The maximum Gasteiger partial charge on any atom is 0.251 e. The number of aromatic hydroxyl groups is 1. The van der Waals surface area contributed by atoms with E-state index in [0.29, 0.717) is 17.6 Å². The van der Waals surface area contributed by atoms with Crippen LogP contribution in [0.4, 0.5) is 0 Å². The molecule has 3 N–H and O–H groups in total. The van der Waals surface area contributed by atoms with E-state index in [0.717, 1.165) is 22.4 Å². The summed E-state index contributed by atoms with van der Waals surface area (Å²) < 4.78 is 0. The van der Waals surface area contributed by atoms with Crippen LogP contribution in [0.15, 0.2) is 84.4 Å². The first-order chi connectivity index (χ1) is 13.6. The van der Waals surface area contributed by atoms with Crippen molar-refractivity contribution in [3.8, 4) is 16.9 Å². The first kappa shape index (κ1) is 18.2. The lowest BCUT2D eigenvalue weighted by Crippen LogP contribution is -2.47. The van der Waals surface area contributed by atoms with Crippen LogP contribution >= 0.6 is 12.6 Å². The fourth-order valence-corrected chi connectivity index (χ4v) is 3.59. The Hall–Kier alpha value is -3.18. The minimum absolute atomic E-state index is 0.167. The summed E-state index contributed by atoms with van der Waals surface area (Å²) in [4.78, 5) is 12.7. The molecule has 0 aromatic heterocycles. The predicted molar refractivity (Wildman–Crippen MR) is 115 cm³/mol. The summed E-state index contributed by atoms with van der Waals surface area (Å²) in [6.45, 7) is 0. The van der Waals surface area contributed by atoms with Gasteiger partial charge in [-0.05, 0) is 34.4 Å². The highest BCUT2D eigenvalue weighted by Gasteiger charge is 2.26. The van der Waals surface area contributed by atoms with Crippen LogP contribution in [0, 0.1) is 0 Å². The fourth-order valence-electron chi connectivity index (χ4n) is 3.34. The largest absolute Gasteiger partial charge is 0.508 e. The molecular weight excluding hydrogens is 368 g/mol. The van der Waals surface area contributed by atoms with E-state index in [-0.39, 0.29) is 11.7 Å². The first-order valence-electron chi connectivity index (χ1n) is 9.03. The third kappa shape index (κ3) is 3.75. The standard InChI is InChI=1S/C23H20N2O2S/c26-20-12-11-17(15-7-3-1-4-8-15)13-18(20)14-19-21(16-9-5-2-6-10-16)24-23(28)25-22(19)27/h1-13,23-24,26,28H,14H2,(H,25,27). The minimum Gasteiger partial charge on any atom is -0.508 e. The topological polar surface area (TPSA) is 61.4 Å². The van der Waals surface area contributed by atoms with Crippen LogP contribution in [0.2, 0.25) is 0 Å². The molecule has 3 aromatic rings. The molecule has 0 fully saturated rings. The van der Waals surface area contributed by atoms with Crippen molar-refractivity contribution in [2.24, 2.45) is 0 Å². The molecule has 0 saturated heterocycles. The zero-order valence-electron chi connectivity index (χ0n) is 15.1. The number of phenolic OH excluding ortho intramolecular Hbond substituents is 1. The number of thiol groups is 1. The molecule has 0 radical (unpaired) electrons. The number of carbonyl (C=O) groups excluding carboxylic acids is 1. The number of hydrogen-bond acceptors (Lipinski definition) is 4. The molecule has 1 heterocycles. The van der Waals surface area contributed by atoms with Gasteiger partial charge in [-0.15, -0.1) is 12.6 Å². The van der Waals surface area contributed by atoms with E-state index in [1.165, 1.54) is 0 Å². The van der Waals surface area contributed by atoms with Crippen molar-refractivity contribution >= 4 is 24.2 Å². The van der Waals surface area contributed by atoms with E-state index in [1.54, 1.807) is 6.07 Å². The molecule has 4 nitrogen and oxygen atoms in total. The van der Waals surface area contributed by atoms with Crippen molar-refractivity contribution in [3.05, 3.63) is 95.6 Å². The summed E-state index contributed by atoms with van der Waals surface area (Å²) in [6, 6.07) is 25.1. The van der Waals surface area contributed by atoms with Gasteiger partial charge in [0.15, 0.2) is 0 Å². The van der Waals surface area contributed by atoms with E-state index in [9.17, 15) is 9.90 Å². The highest BCUT2D eigenvalue weighted by molar-refractivity contribution is 7.80. The van der Waals surface area contributed by atoms with Gasteiger partial charge in [0, 0.05) is 12.0 Å². The van der Waals surface area contributed by atoms with Crippen LogP contribution in [-0.4, -0.2) is 16.5 Å². The van der Waals surface area contributed by atoms with Crippen LogP contribution < -0.4 is 10.6 Å². The Morgan fingerprint density at radius 3 is 2.14 bits per heavy atom. The van der Waals surface area contributed by atoms with Crippen molar-refractivity contribution in [1.29, 1.82) is 0 Å². The van der Waals surface area contributed by atoms with Gasteiger partial charge in [-0.1, -0.05) is 66.7 Å². The molecule has 0 saturated carbocycles. The van der Waals surface area contributed by atoms with Gasteiger partial charge in [-0.2, -0.15) is 0 Å². The Bertz CT molecular complexity index is 1030.